The summed E-state index contributed by atoms with van der Waals surface area (Å²) < 4.78 is 0. The molecule has 0 saturated heterocycles. The molecule has 2 unspecified atom stereocenters. The second-order valence-electron chi connectivity index (χ2n) is 7.40. The molecule has 3 atom stereocenters. The van der Waals surface area contributed by atoms with Crippen LogP contribution in [-0.2, 0) is 12.8 Å². The summed E-state index contributed by atoms with van der Waals surface area (Å²) in [6, 6.07) is 7.73. The Morgan fingerprint density at radius 3 is 2.82 bits per heavy atom. The molecule has 1 saturated carbocycles. The van der Waals surface area contributed by atoms with E-state index in [0.717, 1.165) is 11.8 Å². The Kier molecular flexibility index (Phi) is 5.36. The summed E-state index contributed by atoms with van der Waals surface area (Å²) in [6.45, 7) is 2.25. The molecule has 0 amide bonds. The first kappa shape index (κ1) is 15.8. The quantitative estimate of drug-likeness (QED) is 0.749. The first-order valence-corrected chi connectivity index (χ1v) is 9.28. The van der Waals surface area contributed by atoms with Gasteiger partial charge in [0.15, 0.2) is 0 Å². The van der Waals surface area contributed by atoms with Gasteiger partial charge in [-0.15, -0.1) is 0 Å². The number of hydrogen-bond donors (Lipinski definition) is 1. The van der Waals surface area contributed by atoms with E-state index in [1.165, 1.54) is 57.8 Å². The molecule has 0 aromatic heterocycles. The molecule has 2 aliphatic rings. The van der Waals surface area contributed by atoms with E-state index in [-0.39, 0.29) is 0 Å². The van der Waals surface area contributed by atoms with Gasteiger partial charge in [0.25, 0.3) is 0 Å². The highest BCUT2D eigenvalue weighted by molar-refractivity contribution is 5.36. The summed E-state index contributed by atoms with van der Waals surface area (Å²) in [5.41, 5.74) is 10.8. The first-order valence-electron chi connectivity index (χ1n) is 9.28. The minimum absolute atomic E-state index is 0.431. The monoisotopic (exact) mass is 297 g/mol. The largest absolute Gasteiger partial charge is 0.328 e. The van der Waals surface area contributed by atoms with Crippen LogP contribution in [0.15, 0.2) is 30.4 Å². The van der Waals surface area contributed by atoms with Crippen LogP contribution in [0.4, 0.5) is 0 Å². The second kappa shape index (κ2) is 7.46. The summed E-state index contributed by atoms with van der Waals surface area (Å²) in [5.74, 6) is 1.57. The lowest BCUT2D eigenvalue weighted by atomic mass is 9.80. The summed E-state index contributed by atoms with van der Waals surface area (Å²) in [7, 11) is 0. The number of unbranched alkanes of at least 4 members (excludes halogenated alkanes) is 1. The SMILES string of the molecule is CCC/C=C/C[C@@H]1CCc2cc(C3CCC(N)C3)ccc2C1. The van der Waals surface area contributed by atoms with E-state index in [4.69, 9.17) is 5.73 Å². The first-order chi connectivity index (χ1) is 10.8. The Labute approximate surface area is 136 Å². The fourth-order valence-electron chi connectivity index (χ4n) is 4.20. The number of aryl methyl sites for hydroxylation is 1. The Balaban J connectivity index is 1.61. The summed E-state index contributed by atoms with van der Waals surface area (Å²) in [5, 5.41) is 0. The molecule has 0 aliphatic heterocycles. The molecule has 1 heteroatoms. The van der Waals surface area contributed by atoms with Crippen LogP contribution in [0.3, 0.4) is 0 Å². The van der Waals surface area contributed by atoms with Gasteiger partial charge in [-0.25, -0.2) is 0 Å². The molecule has 1 fully saturated rings. The molecule has 2 aliphatic carbocycles. The van der Waals surface area contributed by atoms with Crippen LogP contribution in [0.1, 0.15) is 74.5 Å². The normalized spacial score (nSPS) is 28.2. The Hall–Kier alpha value is -1.08. The maximum atomic E-state index is 6.08. The van der Waals surface area contributed by atoms with E-state index < -0.39 is 0 Å². The third-order valence-corrected chi connectivity index (χ3v) is 5.60. The number of allylic oxidation sites excluding steroid dienone is 2. The zero-order valence-electron chi connectivity index (χ0n) is 14.1. The van der Waals surface area contributed by atoms with Gasteiger partial charge in [-0.3, -0.25) is 0 Å². The number of fused-ring (bicyclic) bond motifs is 1. The highest BCUT2D eigenvalue weighted by atomic mass is 14.6. The maximum Gasteiger partial charge on any atom is 0.00448 e. The highest BCUT2D eigenvalue weighted by Crippen LogP contribution is 2.36. The Morgan fingerprint density at radius 1 is 1.14 bits per heavy atom. The minimum Gasteiger partial charge on any atom is -0.328 e. The van der Waals surface area contributed by atoms with Crippen molar-refractivity contribution in [2.24, 2.45) is 11.7 Å². The maximum absolute atomic E-state index is 6.08. The Bertz CT molecular complexity index is 517. The molecular weight excluding hydrogens is 266 g/mol. The summed E-state index contributed by atoms with van der Waals surface area (Å²) in [6.07, 6.45) is 16.1. The molecule has 120 valence electrons. The van der Waals surface area contributed by atoms with Crippen molar-refractivity contribution in [3.05, 3.63) is 47.0 Å². The van der Waals surface area contributed by atoms with E-state index in [1.54, 1.807) is 16.7 Å². The molecule has 0 heterocycles. The lowest BCUT2D eigenvalue weighted by molar-refractivity contribution is 0.463. The van der Waals surface area contributed by atoms with Crippen molar-refractivity contribution in [3.8, 4) is 0 Å². The van der Waals surface area contributed by atoms with Crippen molar-refractivity contribution in [2.75, 3.05) is 0 Å². The molecule has 22 heavy (non-hydrogen) atoms. The van der Waals surface area contributed by atoms with E-state index in [1.807, 2.05) is 0 Å². The third kappa shape index (κ3) is 3.81. The average molecular weight is 297 g/mol. The molecule has 2 N–H and O–H groups in total. The average Bonchev–Trinajstić information content (AvgIpc) is 2.97. The fourth-order valence-corrected chi connectivity index (χ4v) is 4.20. The van der Waals surface area contributed by atoms with Gasteiger partial charge in [-0.05, 0) is 79.9 Å². The van der Waals surface area contributed by atoms with Gasteiger partial charge in [-0.2, -0.15) is 0 Å². The van der Waals surface area contributed by atoms with Crippen molar-refractivity contribution < 1.29 is 0 Å². The zero-order valence-corrected chi connectivity index (χ0v) is 14.1. The zero-order chi connectivity index (χ0) is 15.4. The molecular formula is C21H31N. The lowest BCUT2D eigenvalue weighted by Crippen LogP contribution is -2.15. The van der Waals surface area contributed by atoms with Crippen LogP contribution < -0.4 is 5.73 Å². The fraction of sp³-hybridized carbons (Fsp3) is 0.619. The van der Waals surface area contributed by atoms with E-state index in [9.17, 15) is 0 Å². The van der Waals surface area contributed by atoms with Crippen LogP contribution >= 0.6 is 0 Å². The van der Waals surface area contributed by atoms with Crippen molar-refractivity contribution in [3.63, 3.8) is 0 Å². The van der Waals surface area contributed by atoms with Crippen LogP contribution in [-0.4, -0.2) is 6.04 Å². The van der Waals surface area contributed by atoms with E-state index in [2.05, 4.69) is 37.3 Å². The van der Waals surface area contributed by atoms with Crippen LogP contribution in [0.2, 0.25) is 0 Å². The second-order valence-corrected chi connectivity index (χ2v) is 7.40. The van der Waals surface area contributed by atoms with Gasteiger partial charge in [0.1, 0.15) is 0 Å². The van der Waals surface area contributed by atoms with Crippen molar-refractivity contribution in [1.82, 2.24) is 0 Å². The van der Waals surface area contributed by atoms with Gasteiger partial charge in [0, 0.05) is 6.04 Å². The summed E-state index contributed by atoms with van der Waals surface area (Å²) in [4.78, 5) is 0. The van der Waals surface area contributed by atoms with Gasteiger partial charge >= 0.3 is 0 Å². The number of benzene rings is 1. The van der Waals surface area contributed by atoms with Gasteiger partial charge in [-0.1, -0.05) is 43.7 Å². The van der Waals surface area contributed by atoms with Gasteiger partial charge in [0.05, 0.1) is 0 Å². The molecule has 3 rings (SSSR count). The number of nitrogens with two attached hydrogens (primary N) is 1. The van der Waals surface area contributed by atoms with E-state index >= 15 is 0 Å². The van der Waals surface area contributed by atoms with Crippen molar-refractivity contribution >= 4 is 0 Å². The predicted octanol–water partition coefficient (Wildman–Crippen LogP) is 5.13. The summed E-state index contributed by atoms with van der Waals surface area (Å²) >= 11 is 0. The molecule has 0 spiro atoms. The smallest absolute Gasteiger partial charge is 0.00448 e. The highest BCUT2D eigenvalue weighted by Gasteiger charge is 2.25. The van der Waals surface area contributed by atoms with Crippen LogP contribution in [0.5, 0.6) is 0 Å². The number of hydrogen-bond acceptors (Lipinski definition) is 1. The Morgan fingerprint density at radius 2 is 2.05 bits per heavy atom. The topological polar surface area (TPSA) is 26.0 Å². The molecule has 1 nitrogen and oxygen atoms in total. The molecule has 1 aromatic carbocycles. The molecule has 1 aromatic rings. The predicted molar refractivity (Wildman–Crippen MR) is 95.2 cm³/mol. The van der Waals surface area contributed by atoms with Crippen molar-refractivity contribution in [1.29, 1.82) is 0 Å². The minimum atomic E-state index is 0.431. The lowest BCUT2D eigenvalue weighted by Gasteiger charge is -2.25. The number of rotatable bonds is 5. The molecule has 0 radical (unpaired) electrons. The third-order valence-electron chi connectivity index (χ3n) is 5.60. The van der Waals surface area contributed by atoms with Crippen LogP contribution in [0, 0.1) is 5.92 Å². The van der Waals surface area contributed by atoms with Gasteiger partial charge < -0.3 is 5.73 Å². The van der Waals surface area contributed by atoms with Crippen molar-refractivity contribution in [2.45, 2.75) is 76.7 Å². The standard InChI is InChI=1S/C21H31N/c1-2-3-4-5-6-16-7-8-18-14-19(10-9-17(18)13-16)20-11-12-21(22)15-20/h4-5,9-10,14,16,20-21H,2-3,6-8,11-13,15,22H2,1H3/b5-4+/t16-,20?,21?/m1/s1. The van der Waals surface area contributed by atoms with Gasteiger partial charge in [0.2, 0.25) is 0 Å². The molecule has 0 bridgehead atoms. The van der Waals surface area contributed by atoms with E-state index in [0.29, 0.717) is 6.04 Å². The van der Waals surface area contributed by atoms with Crippen LogP contribution in [0.25, 0.3) is 0 Å².